The normalized spacial score (nSPS) is 10.7. The van der Waals surface area contributed by atoms with Gasteiger partial charge in [0.1, 0.15) is 5.75 Å². The second kappa shape index (κ2) is 4.36. The van der Waals surface area contributed by atoms with Gasteiger partial charge in [0.15, 0.2) is 5.78 Å². The van der Waals surface area contributed by atoms with Crippen molar-refractivity contribution in [2.75, 3.05) is 7.11 Å². The van der Waals surface area contributed by atoms with Crippen LogP contribution in [0.3, 0.4) is 0 Å². The fourth-order valence-corrected chi connectivity index (χ4v) is 1.36. The van der Waals surface area contributed by atoms with Gasteiger partial charge in [-0.25, -0.2) is 0 Å². The summed E-state index contributed by atoms with van der Waals surface area (Å²) >= 11 is 0. The van der Waals surface area contributed by atoms with E-state index in [0.29, 0.717) is 16.9 Å². The minimum atomic E-state index is -0.485. The summed E-state index contributed by atoms with van der Waals surface area (Å²) in [5, 5.41) is 8.81. The van der Waals surface area contributed by atoms with Crippen LogP contribution in [0.2, 0.25) is 0 Å². The summed E-state index contributed by atoms with van der Waals surface area (Å²) in [6.07, 6.45) is 0. The molecule has 1 aromatic carbocycles. The van der Waals surface area contributed by atoms with Gasteiger partial charge in [-0.3, -0.25) is 4.79 Å². The number of carbonyl (C=O) groups is 1. The minimum Gasteiger partial charge on any atom is -0.496 e. The first-order valence-electron chi connectivity index (χ1n) is 5.03. The standard InChI is InChI=1S/C13H15NO2/c1-13(2,3)12(15)10-7-9(8-14)5-6-11(10)16-4/h5-7H,1-4H3. The number of rotatable bonds is 2. The van der Waals surface area contributed by atoms with Crippen LogP contribution in [-0.4, -0.2) is 12.9 Å². The maximum atomic E-state index is 12.1. The molecular weight excluding hydrogens is 202 g/mol. The van der Waals surface area contributed by atoms with E-state index in [-0.39, 0.29) is 5.78 Å². The Morgan fingerprint density at radius 3 is 2.44 bits per heavy atom. The van der Waals surface area contributed by atoms with Gasteiger partial charge >= 0.3 is 0 Å². The second-order valence-corrected chi connectivity index (χ2v) is 4.61. The summed E-state index contributed by atoms with van der Waals surface area (Å²) in [6, 6.07) is 6.88. The zero-order valence-corrected chi connectivity index (χ0v) is 10.00. The fourth-order valence-electron chi connectivity index (χ4n) is 1.36. The van der Waals surface area contributed by atoms with Crippen molar-refractivity contribution in [1.82, 2.24) is 0 Å². The fraction of sp³-hybridized carbons (Fsp3) is 0.385. The molecule has 3 heteroatoms. The van der Waals surface area contributed by atoms with E-state index in [4.69, 9.17) is 10.00 Å². The molecule has 0 heterocycles. The first-order chi connectivity index (χ1) is 7.40. The summed E-state index contributed by atoms with van der Waals surface area (Å²) in [5.41, 5.74) is 0.448. The molecule has 0 saturated carbocycles. The minimum absolute atomic E-state index is 0.0264. The van der Waals surface area contributed by atoms with E-state index in [1.807, 2.05) is 26.8 Å². The third-order valence-corrected chi connectivity index (χ3v) is 2.25. The quantitative estimate of drug-likeness (QED) is 0.716. The zero-order chi connectivity index (χ0) is 12.3. The van der Waals surface area contributed by atoms with Crippen molar-refractivity contribution in [3.05, 3.63) is 29.3 Å². The Kier molecular flexibility index (Phi) is 3.34. The van der Waals surface area contributed by atoms with Crippen LogP contribution in [0.5, 0.6) is 5.75 Å². The van der Waals surface area contributed by atoms with Gasteiger partial charge in [-0.05, 0) is 18.2 Å². The van der Waals surface area contributed by atoms with Crippen molar-refractivity contribution in [1.29, 1.82) is 5.26 Å². The highest BCUT2D eigenvalue weighted by molar-refractivity contribution is 6.02. The highest BCUT2D eigenvalue weighted by atomic mass is 16.5. The molecule has 16 heavy (non-hydrogen) atoms. The molecule has 0 fully saturated rings. The topological polar surface area (TPSA) is 50.1 Å². The zero-order valence-electron chi connectivity index (χ0n) is 10.00. The number of hydrogen-bond acceptors (Lipinski definition) is 3. The van der Waals surface area contributed by atoms with Gasteiger partial charge in [0.2, 0.25) is 0 Å². The van der Waals surface area contributed by atoms with Crippen LogP contribution in [0.15, 0.2) is 18.2 Å². The van der Waals surface area contributed by atoms with Gasteiger partial charge in [-0.2, -0.15) is 5.26 Å². The molecular formula is C13H15NO2. The Hall–Kier alpha value is -1.82. The molecule has 0 aliphatic heterocycles. The van der Waals surface area contributed by atoms with Gasteiger partial charge in [0.05, 0.1) is 24.3 Å². The van der Waals surface area contributed by atoms with E-state index in [1.165, 1.54) is 7.11 Å². The molecule has 0 aliphatic carbocycles. The molecule has 0 spiro atoms. The number of Topliss-reactive ketones (excluding diaryl/α,β-unsaturated/α-hetero) is 1. The summed E-state index contributed by atoms with van der Waals surface area (Å²) in [4.78, 5) is 12.1. The average Bonchev–Trinajstić information content (AvgIpc) is 2.25. The molecule has 0 bridgehead atoms. The Bertz CT molecular complexity index is 450. The molecule has 0 aliphatic rings. The molecule has 0 amide bonds. The molecule has 0 radical (unpaired) electrons. The number of methoxy groups -OCH3 is 1. The van der Waals surface area contributed by atoms with Gasteiger partial charge < -0.3 is 4.74 Å². The van der Waals surface area contributed by atoms with Gasteiger partial charge in [-0.1, -0.05) is 20.8 Å². The molecule has 0 N–H and O–H groups in total. The van der Waals surface area contributed by atoms with Crippen molar-refractivity contribution in [3.8, 4) is 11.8 Å². The second-order valence-electron chi connectivity index (χ2n) is 4.61. The summed E-state index contributed by atoms with van der Waals surface area (Å²) < 4.78 is 5.13. The number of ether oxygens (including phenoxy) is 1. The smallest absolute Gasteiger partial charge is 0.171 e. The van der Waals surface area contributed by atoms with Crippen LogP contribution in [0.1, 0.15) is 36.7 Å². The lowest BCUT2D eigenvalue weighted by Gasteiger charge is -2.18. The van der Waals surface area contributed by atoms with Crippen LogP contribution in [0, 0.1) is 16.7 Å². The first kappa shape index (κ1) is 12.3. The van der Waals surface area contributed by atoms with Gasteiger partial charge in [-0.15, -0.1) is 0 Å². The van der Waals surface area contributed by atoms with Crippen LogP contribution in [0.4, 0.5) is 0 Å². The number of carbonyl (C=O) groups excluding carboxylic acids is 1. The molecule has 84 valence electrons. The van der Waals surface area contributed by atoms with Crippen LogP contribution in [-0.2, 0) is 0 Å². The maximum Gasteiger partial charge on any atom is 0.171 e. The monoisotopic (exact) mass is 217 g/mol. The molecule has 0 aromatic heterocycles. The summed E-state index contributed by atoms with van der Waals surface area (Å²) in [5.74, 6) is 0.486. The van der Waals surface area contributed by atoms with Gasteiger partial charge in [0, 0.05) is 5.41 Å². The van der Waals surface area contributed by atoms with Crippen LogP contribution < -0.4 is 4.74 Å². The molecule has 0 atom stereocenters. The highest BCUT2D eigenvalue weighted by Gasteiger charge is 2.25. The predicted molar refractivity (Wildman–Crippen MR) is 61.5 cm³/mol. The molecule has 0 unspecified atom stereocenters. The Morgan fingerprint density at radius 1 is 1.38 bits per heavy atom. The number of nitriles is 1. The largest absolute Gasteiger partial charge is 0.496 e. The Labute approximate surface area is 95.7 Å². The van der Waals surface area contributed by atoms with E-state index in [1.54, 1.807) is 18.2 Å². The first-order valence-corrected chi connectivity index (χ1v) is 5.03. The molecule has 1 rings (SSSR count). The number of hydrogen-bond donors (Lipinski definition) is 0. The molecule has 1 aromatic rings. The van der Waals surface area contributed by atoms with E-state index in [9.17, 15) is 4.79 Å². The summed E-state index contributed by atoms with van der Waals surface area (Å²) in [6.45, 7) is 5.52. The van der Waals surface area contributed by atoms with Crippen molar-refractivity contribution in [3.63, 3.8) is 0 Å². The van der Waals surface area contributed by atoms with E-state index in [0.717, 1.165) is 0 Å². The lowest BCUT2D eigenvalue weighted by molar-refractivity contribution is 0.0855. The third kappa shape index (κ3) is 2.40. The van der Waals surface area contributed by atoms with Crippen molar-refractivity contribution in [2.45, 2.75) is 20.8 Å². The van der Waals surface area contributed by atoms with Crippen LogP contribution in [0.25, 0.3) is 0 Å². The van der Waals surface area contributed by atoms with Crippen molar-refractivity contribution >= 4 is 5.78 Å². The molecule has 0 saturated heterocycles. The number of ketones is 1. The van der Waals surface area contributed by atoms with Crippen LogP contribution >= 0.6 is 0 Å². The van der Waals surface area contributed by atoms with Gasteiger partial charge in [0.25, 0.3) is 0 Å². The van der Waals surface area contributed by atoms with E-state index in [2.05, 4.69) is 0 Å². The number of nitrogens with zero attached hydrogens (tertiary/aromatic N) is 1. The predicted octanol–water partition coefficient (Wildman–Crippen LogP) is 2.80. The SMILES string of the molecule is COc1ccc(C#N)cc1C(=O)C(C)(C)C. The number of benzene rings is 1. The summed E-state index contributed by atoms with van der Waals surface area (Å²) in [7, 11) is 1.51. The Morgan fingerprint density at radius 2 is 2.00 bits per heavy atom. The van der Waals surface area contributed by atoms with Crippen molar-refractivity contribution in [2.24, 2.45) is 5.41 Å². The third-order valence-electron chi connectivity index (χ3n) is 2.25. The van der Waals surface area contributed by atoms with E-state index >= 15 is 0 Å². The molecule has 3 nitrogen and oxygen atoms in total. The van der Waals surface area contributed by atoms with Crippen molar-refractivity contribution < 1.29 is 9.53 Å². The highest BCUT2D eigenvalue weighted by Crippen LogP contribution is 2.28. The lowest BCUT2D eigenvalue weighted by atomic mass is 9.85. The average molecular weight is 217 g/mol. The lowest BCUT2D eigenvalue weighted by Crippen LogP contribution is -2.21. The Balaban J connectivity index is 3.31. The maximum absolute atomic E-state index is 12.1. The van der Waals surface area contributed by atoms with E-state index < -0.39 is 5.41 Å².